The van der Waals surface area contributed by atoms with E-state index in [-0.39, 0.29) is 5.84 Å². The lowest BCUT2D eigenvalue weighted by atomic mass is 10.1. The smallest absolute Gasteiger partial charge is 0.170 e. The average molecular weight is 263 g/mol. The zero-order chi connectivity index (χ0) is 14.3. The van der Waals surface area contributed by atoms with E-state index >= 15 is 0 Å². The molecule has 0 saturated carbocycles. The lowest BCUT2D eigenvalue weighted by Crippen LogP contribution is -2.28. The molecule has 0 aliphatic heterocycles. The molecule has 0 aromatic heterocycles. The maximum Gasteiger partial charge on any atom is 0.170 e. The van der Waals surface area contributed by atoms with E-state index < -0.39 is 0 Å². The number of oxime groups is 1. The molecule has 19 heavy (non-hydrogen) atoms. The molecule has 1 rings (SSSR count). The second-order valence-corrected chi connectivity index (χ2v) is 5.03. The van der Waals surface area contributed by atoms with E-state index in [2.05, 4.69) is 36.9 Å². The van der Waals surface area contributed by atoms with Crippen LogP contribution in [0.25, 0.3) is 0 Å². The number of rotatable bonds is 7. The van der Waals surface area contributed by atoms with Crippen LogP contribution in [0, 0.1) is 5.92 Å². The van der Waals surface area contributed by atoms with Crippen LogP contribution < -0.4 is 5.73 Å². The van der Waals surface area contributed by atoms with Crippen molar-refractivity contribution in [1.82, 2.24) is 4.90 Å². The van der Waals surface area contributed by atoms with Crippen molar-refractivity contribution in [3.05, 3.63) is 35.4 Å². The summed E-state index contributed by atoms with van der Waals surface area (Å²) in [5.41, 5.74) is 7.57. The van der Waals surface area contributed by atoms with Crippen LogP contribution in [-0.2, 0) is 6.54 Å². The predicted octanol–water partition coefficient (Wildman–Crippen LogP) is 2.65. The first-order chi connectivity index (χ1) is 9.10. The van der Waals surface area contributed by atoms with Crippen LogP contribution in [0.2, 0.25) is 0 Å². The summed E-state index contributed by atoms with van der Waals surface area (Å²) < 4.78 is 0. The lowest BCUT2D eigenvalue weighted by Gasteiger charge is -2.24. The normalized spacial score (nSPS) is 13.8. The Morgan fingerprint density at radius 1 is 1.42 bits per heavy atom. The molecule has 0 heterocycles. The number of amidine groups is 1. The Morgan fingerprint density at radius 3 is 2.74 bits per heavy atom. The topological polar surface area (TPSA) is 61.8 Å². The number of hydrogen-bond donors (Lipinski definition) is 2. The van der Waals surface area contributed by atoms with Gasteiger partial charge in [-0.3, -0.25) is 4.90 Å². The van der Waals surface area contributed by atoms with Gasteiger partial charge in [0.2, 0.25) is 0 Å². The molecular weight excluding hydrogens is 238 g/mol. The van der Waals surface area contributed by atoms with Gasteiger partial charge in [-0.1, -0.05) is 50.5 Å². The summed E-state index contributed by atoms with van der Waals surface area (Å²) in [6.07, 6.45) is 1.20. The summed E-state index contributed by atoms with van der Waals surface area (Å²) in [6.45, 7) is 9.69. The zero-order valence-corrected chi connectivity index (χ0v) is 12.1. The van der Waals surface area contributed by atoms with Crippen molar-refractivity contribution < 1.29 is 5.21 Å². The number of hydrogen-bond acceptors (Lipinski definition) is 3. The summed E-state index contributed by atoms with van der Waals surface area (Å²) in [7, 11) is 0. The van der Waals surface area contributed by atoms with Gasteiger partial charge in [-0.25, -0.2) is 0 Å². The largest absolute Gasteiger partial charge is 0.409 e. The molecule has 1 aromatic carbocycles. The standard InChI is InChI=1S/C15H25N3O/c1-4-12(3)10-18(5-2)11-13-7-6-8-14(9-13)15(16)17-19/h6-9,12,19H,4-5,10-11H2,1-3H3,(H2,16,17). The minimum Gasteiger partial charge on any atom is -0.409 e. The van der Waals surface area contributed by atoms with E-state index in [1.165, 1.54) is 12.0 Å². The molecule has 3 N–H and O–H groups in total. The van der Waals surface area contributed by atoms with Crippen molar-refractivity contribution in [1.29, 1.82) is 0 Å². The summed E-state index contributed by atoms with van der Waals surface area (Å²) in [5.74, 6) is 0.860. The van der Waals surface area contributed by atoms with Gasteiger partial charge < -0.3 is 10.9 Å². The van der Waals surface area contributed by atoms with Crippen LogP contribution in [0.3, 0.4) is 0 Å². The molecule has 0 radical (unpaired) electrons. The van der Waals surface area contributed by atoms with Crippen molar-refractivity contribution in [3.8, 4) is 0 Å². The molecule has 0 fully saturated rings. The van der Waals surface area contributed by atoms with Gasteiger partial charge in [0.1, 0.15) is 0 Å². The highest BCUT2D eigenvalue weighted by molar-refractivity contribution is 5.97. The summed E-state index contributed by atoms with van der Waals surface area (Å²) in [4.78, 5) is 2.42. The molecule has 4 nitrogen and oxygen atoms in total. The van der Waals surface area contributed by atoms with Crippen LogP contribution in [0.15, 0.2) is 29.4 Å². The van der Waals surface area contributed by atoms with Gasteiger partial charge in [0.25, 0.3) is 0 Å². The molecule has 0 amide bonds. The van der Waals surface area contributed by atoms with Crippen molar-refractivity contribution in [2.24, 2.45) is 16.8 Å². The summed E-state index contributed by atoms with van der Waals surface area (Å²) >= 11 is 0. The fraction of sp³-hybridized carbons (Fsp3) is 0.533. The molecule has 1 aromatic rings. The molecule has 0 saturated heterocycles. The van der Waals surface area contributed by atoms with E-state index in [1.807, 2.05) is 18.2 Å². The molecule has 1 atom stereocenters. The van der Waals surface area contributed by atoms with Gasteiger partial charge in [0.05, 0.1) is 0 Å². The third-order valence-electron chi connectivity index (χ3n) is 3.45. The van der Waals surface area contributed by atoms with Crippen LogP contribution in [0.4, 0.5) is 0 Å². The number of nitrogens with zero attached hydrogens (tertiary/aromatic N) is 2. The Kier molecular flexibility index (Phi) is 6.36. The van der Waals surface area contributed by atoms with E-state index in [4.69, 9.17) is 10.9 Å². The van der Waals surface area contributed by atoms with Crippen molar-refractivity contribution in [2.75, 3.05) is 13.1 Å². The zero-order valence-electron chi connectivity index (χ0n) is 12.1. The molecule has 0 spiro atoms. The van der Waals surface area contributed by atoms with E-state index in [9.17, 15) is 0 Å². The predicted molar refractivity (Wildman–Crippen MR) is 79.4 cm³/mol. The fourth-order valence-corrected chi connectivity index (χ4v) is 2.02. The lowest BCUT2D eigenvalue weighted by molar-refractivity contribution is 0.238. The van der Waals surface area contributed by atoms with Crippen molar-refractivity contribution in [2.45, 2.75) is 33.7 Å². The van der Waals surface area contributed by atoms with Crippen molar-refractivity contribution in [3.63, 3.8) is 0 Å². The molecule has 4 heteroatoms. The quantitative estimate of drug-likeness (QED) is 0.344. The van der Waals surface area contributed by atoms with Crippen molar-refractivity contribution >= 4 is 5.84 Å². The first-order valence-electron chi connectivity index (χ1n) is 6.89. The first kappa shape index (κ1) is 15.5. The summed E-state index contributed by atoms with van der Waals surface area (Å²) in [6, 6.07) is 7.85. The van der Waals surface area contributed by atoms with E-state index in [1.54, 1.807) is 0 Å². The second-order valence-electron chi connectivity index (χ2n) is 5.03. The van der Waals surface area contributed by atoms with Gasteiger partial charge in [-0.05, 0) is 24.1 Å². The third-order valence-corrected chi connectivity index (χ3v) is 3.45. The van der Waals surface area contributed by atoms with E-state index in [0.29, 0.717) is 5.92 Å². The highest BCUT2D eigenvalue weighted by Gasteiger charge is 2.09. The molecule has 0 aliphatic rings. The second kappa shape index (κ2) is 7.79. The maximum absolute atomic E-state index is 8.71. The van der Waals surface area contributed by atoms with Crippen LogP contribution in [0.1, 0.15) is 38.3 Å². The van der Waals surface area contributed by atoms with Gasteiger partial charge >= 0.3 is 0 Å². The SMILES string of the molecule is CCC(C)CN(CC)Cc1cccc(C(N)=NO)c1. The maximum atomic E-state index is 8.71. The van der Waals surface area contributed by atoms with Crippen LogP contribution in [0.5, 0.6) is 0 Å². The van der Waals surface area contributed by atoms with Gasteiger partial charge in [0.15, 0.2) is 5.84 Å². The Labute approximate surface area is 115 Å². The Bertz CT molecular complexity index is 418. The molecular formula is C15H25N3O. The van der Waals surface area contributed by atoms with Crippen LogP contribution >= 0.6 is 0 Å². The van der Waals surface area contributed by atoms with Gasteiger partial charge in [0, 0.05) is 18.7 Å². The molecule has 0 aliphatic carbocycles. The minimum atomic E-state index is 0.159. The van der Waals surface area contributed by atoms with Crippen LogP contribution in [-0.4, -0.2) is 29.0 Å². The monoisotopic (exact) mass is 263 g/mol. The molecule has 106 valence electrons. The number of benzene rings is 1. The fourth-order valence-electron chi connectivity index (χ4n) is 2.02. The van der Waals surface area contributed by atoms with Gasteiger partial charge in [-0.2, -0.15) is 0 Å². The Hall–Kier alpha value is -1.55. The molecule has 1 unspecified atom stereocenters. The van der Waals surface area contributed by atoms with Gasteiger partial charge in [-0.15, -0.1) is 0 Å². The first-order valence-corrected chi connectivity index (χ1v) is 6.89. The highest BCUT2D eigenvalue weighted by Crippen LogP contribution is 2.11. The average Bonchev–Trinajstić information content (AvgIpc) is 2.45. The van der Waals surface area contributed by atoms with E-state index in [0.717, 1.165) is 25.2 Å². The number of nitrogens with two attached hydrogens (primary N) is 1. The molecule has 0 bridgehead atoms. The third kappa shape index (κ3) is 4.91. The Balaban J connectivity index is 2.74. The summed E-state index contributed by atoms with van der Waals surface area (Å²) in [5, 5.41) is 11.8. The highest BCUT2D eigenvalue weighted by atomic mass is 16.4. The Morgan fingerprint density at radius 2 is 2.16 bits per heavy atom. The minimum absolute atomic E-state index is 0.159.